The number of carboxylic acids is 1. The van der Waals surface area contributed by atoms with Gasteiger partial charge in [-0.05, 0) is 25.6 Å². The number of carboxylic acid groups (broad SMARTS) is 1. The molecule has 1 aromatic carbocycles. The van der Waals surface area contributed by atoms with Crippen LogP contribution in [0.15, 0.2) is 24.3 Å². The van der Waals surface area contributed by atoms with Gasteiger partial charge in [0.25, 0.3) is 0 Å². The van der Waals surface area contributed by atoms with Crippen molar-refractivity contribution in [1.29, 1.82) is 5.26 Å². The Bertz CT molecular complexity index is 423. The zero-order valence-corrected chi connectivity index (χ0v) is 9.34. The topological polar surface area (TPSA) is 64.3 Å². The lowest BCUT2D eigenvalue weighted by molar-refractivity contribution is -0.142. The normalized spacial score (nSPS) is 12.1. The highest BCUT2D eigenvalue weighted by Crippen LogP contribution is 2.11. The van der Waals surface area contributed by atoms with Gasteiger partial charge in [0.2, 0.25) is 0 Å². The van der Waals surface area contributed by atoms with E-state index in [4.69, 9.17) is 10.4 Å². The molecule has 84 valence electrons. The Hall–Kier alpha value is -1.86. The van der Waals surface area contributed by atoms with Crippen molar-refractivity contribution < 1.29 is 9.90 Å². The van der Waals surface area contributed by atoms with Gasteiger partial charge in [-0.2, -0.15) is 5.26 Å². The van der Waals surface area contributed by atoms with Crippen LogP contribution in [0.25, 0.3) is 0 Å². The number of nitrogens with zero attached hydrogens (tertiary/aromatic N) is 2. The summed E-state index contributed by atoms with van der Waals surface area (Å²) in [6.45, 7) is 2.08. The molecule has 0 aliphatic carbocycles. The van der Waals surface area contributed by atoms with E-state index < -0.39 is 12.0 Å². The lowest BCUT2D eigenvalue weighted by atomic mass is 10.1. The van der Waals surface area contributed by atoms with Gasteiger partial charge >= 0.3 is 5.97 Å². The number of aliphatic carboxylic acids is 1. The van der Waals surface area contributed by atoms with E-state index in [0.717, 1.165) is 5.56 Å². The van der Waals surface area contributed by atoms with Crippen LogP contribution >= 0.6 is 0 Å². The number of nitriles is 1. The number of rotatable bonds is 4. The Balaban J connectivity index is 2.81. The summed E-state index contributed by atoms with van der Waals surface area (Å²) in [5, 5.41) is 17.7. The van der Waals surface area contributed by atoms with E-state index in [0.29, 0.717) is 12.1 Å². The Morgan fingerprint density at radius 2 is 2.19 bits per heavy atom. The Kier molecular flexibility index (Phi) is 4.03. The molecule has 1 N–H and O–H groups in total. The van der Waals surface area contributed by atoms with E-state index in [9.17, 15) is 4.79 Å². The van der Waals surface area contributed by atoms with Gasteiger partial charge in [-0.25, -0.2) is 0 Å². The van der Waals surface area contributed by atoms with Crippen molar-refractivity contribution in [2.24, 2.45) is 0 Å². The molecule has 0 bridgehead atoms. The van der Waals surface area contributed by atoms with E-state index in [1.54, 1.807) is 31.0 Å². The van der Waals surface area contributed by atoms with Gasteiger partial charge < -0.3 is 5.11 Å². The highest BCUT2D eigenvalue weighted by atomic mass is 16.4. The maximum absolute atomic E-state index is 10.8. The molecule has 4 heteroatoms. The minimum atomic E-state index is -0.864. The number of benzene rings is 1. The van der Waals surface area contributed by atoms with Crippen LogP contribution in [0.5, 0.6) is 0 Å². The van der Waals surface area contributed by atoms with Crippen molar-refractivity contribution in [3.8, 4) is 6.07 Å². The van der Waals surface area contributed by atoms with Crippen LogP contribution in [-0.4, -0.2) is 29.1 Å². The van der Waals surface area contributed by atoms with Gasteiger partial charge in [0.15, 0.2) is 0 Å². The van der Waals surface area contributed by atoms with E-state index >= 15 is 0 Å². The number of hydrogen-bond acceptors (Lipinski definition) is 3. The average Bonchev–Trinajstić information content (AvgIpc) is 2.28. The number of likely N-dealkylation sites (N-methyl/N-ethyl adjacent to an activating group) is 1. The molecular weight excluding hydrogens is 204 g/mol. The van der Waals surface area contributed by atoms with Crippen LogP contribution in [0, 0.1) is 11.3 Å². The summed E-state index contributed by atoms with van der Waals surface area (Å²) < 4.78 is 0. The van der Waals surface area contributed by atoms with Crippen molar-refractivity contribution in [1.82, 2.24) is 4.90 Å². The van der Waals surface area contributed by atoms with Crippen molar-refractivity contribution >= 4 is 5.97 Å². The second-order valence-corrected chi connectivity index (χ2v) is 3.70. The first-order chi connectivity index (χ1) is 7.56. The van der Waals surface area contributed by atoms with Crippen molar-refractivity contribution in [2.45, 2.75) is 19.5 Å². The van der Waals surface area contributed by atoms with Gasteiger partial charge in [0.1, 0.15) is 6.04 Å². The second-order valence-electron chi connectivity index (χ2n) is 3.70. The van der Waals surface area contributed by atoms with Gasteiger partial charge in [-0.15, -0.1) is 0 Å². The fourth-order valence-electron chi connectivity index (χ4n) is 1.36. The first-order valence-corrected chi connectivity index (χ1v) is 4.97. The summed E-state index contributed by atoms with van der Waals surface area (Å²) >= 11 is 0. The number of carbonyl (C=O) groups is 1. The lowest BCUT2D eigenvalue weighted by Crippen LogP contribution is -2.35. The van der Waals surface area contributed by atoms with E-state index in [1.165, 1.54) is 0 Å². The molecule has 0 aliphatic rings. The minimum absolute atomic E-state index is 0.456. The molecule has 0 radical (unpaired) electrons. The van der Waals surface area contributed by atoms with Crippen LogP contribution in [0.3, 0.4) is 0 Å². The second kappa shape index (κ2) is 5.29. The number of hydrogen-bond donors (Lipinski definition) is 1. The Labute approximate surface area is 94.7 Å². The van der Waals surface area contributed by atoms with Crippen molar-refractivity contribution in [2.75, 3.05) is 7.05 Å². The lowest BCUT2D eigenvalue weighted by Gasteiger charge is -2.21. The van der Waals surface area contributed by atoms with E-state index in [-0.39, 0.29) is 0 Å². The van der Waals surface area contributed by atoms with E-state index in [2.05, 4.69) is 6.07 Å². The fraction of sp³-hybridized carbons (Fsp3) is 0.333. The molecule has 0 aliphatic heterocycles. The zero-order valence-electron chi connectivity index (χ0n) is 9.34. The third-order valence-electron chi connectivity index (χ3n) is 2.58. The molecule has 0 spiro atoms. The van der Waals surface area contributed by atoms with Gasteiger partial charge in [-0.1, -0.05) is 18.2 Å². The van der Waals surface area contributed by atoms with Gasteiger partial charge in [-0.3, -0.25) is 9.69 Å². The van der Waals surface area contributed by atoms with Crippen LogP contribution in [-0.2, 0) is 11.3 Å². The highest BCUT2D eigenvalue weighted by molar-refractivity contribution is 5.72. The van der Waals surface area contributed by atoms with Gasteiger partial charge in [0.05, 0.1) is 11.6 Å². The molecule has 1 rings (SSSR count). The highest BCUT2D eigenvalue weighted by Gasteiger charge is 2.17. The Morgan fingerprint density at radius 3 is 2.75 bits per heavy atom. The Morgan fingerprint density at radius 1 is 1.56 bits per heavy atom. The standard InChI is InChI=1S/C12H14N2O2/c1-9(12(15)16)14(2)8-11-6-4-3-5-10(11)7-13/h3-6,9H,8H2,1-2H3,(H,15,16). The first-order valence-electron chi connectivity index (χ1n) is 4.97. The summed E-state index contributed by atoms with van der Waals surface area (Å²) in [5.74, 6) is -0.864. The molecule has 0 fully saturated rings. The average molecular weight is 218 g/mol. The van der Waals surface area contributed by atoms with Crippen LogP contribution in [0.2, 0.25) is 0 Å². The monoisotopic (exact) mass is 218 g/mol. The summed E-state index contributed by atoms with van der Waals surface area (Å²) in [4.78, 5) is 12.5. The maximum Gasteiger partial charge on any atom is 0.320 e. The SMILES string of the molecule is CC(C(=O)O)N(C)Cc1ccccc1C#N. The third kappa shape index (κ3) is 2.81. The molecule has 0 saturated heterocycles. The molecule has 0 saturated carbocycles. The van der Waals surface area contributed by atoms with E-state index in [1.807, 2.05) is 12.1 Å². The van der Waals surface area contributed by atoms with Crippen molar-refractivity contribution in [3.05, 3.63) is 35.4 Å². The summed E-state index contributed by atoms with van der Waals surface area (Å²) in [6.07, 6.45) is 0. The summed E-state index contributed by atoms with van der Waals surface area (Å²) in [7, 11) is 1.73. The molecular formula is C12H14N2O2. The zero-order chi connectivity index (χ0) is 12.1. The van der Waals surface area contributed by atoms with Crippen LogP contribution in [0.4, 0.5) is 0 Å². The fourth-order valence-corrected chi connectivity index (χ4v) is 1.36. The molecule has 0 amide bonds. The largest absolute Gasteiger partial charge is 0.480 e. The summed E-state index contributed by atoms with van der Waals surface area (Å²) in [6, 6.07) is 8.74. The van der Waals surface area contributed by atoms with Crippen LogP contribution < -0.4 is 0 Å². The predicted octanol–water partition coefficient (Wildman–Crippen LogP) is 1.46. The molecule has 4 nitrogen and oxygen atoms in total. The molecule has 16 heavy (non-hydrogen) atoms. The first kappa shape index (κ1) is 12.2. The molecule has 1 unspecified atom stereocenters. The third-order valence-corrected chi connectivity index (χ3v) is 2.58. The summed E-state index contributed by atoms with van der Waals surface area (Å²) in [5.41, 5.74) is 1.44. The molecule has 1 aromatic rings. The quantitative estimate of drug-likeness (QED) is 0.831. The predicted molar refractivity (Wildman–Crippen MR) is 59.7 cm³/mol. The molecule has 1 atom stereocenters. The smallest absolute Gasteiger partial charge is 0.320 e. The van der Waals surface area contributed by atoms with Crippen LogP contribution in [0.1, 0.15) is 18.1 Å². The minimum Gasteiger partial charge on any atom is -0.480 e. The van der Waals surface area contributed by atoms with Crippen molar-refractivity contribution in [3.63, 3.8) is 0 Å². The maximum atomic E-state index is 10.8. The molecule has 0 heterocycles. The van der Waals surface area contributed by atoms with Gasteiger partial charge in [0, 0.05) is 6.54 Å². The molecule has 0 aromatic heterocycles.